The molecule has 0 bridgehead atoms. The van der Waals surface area contributed by atoms with E-state index in [4.69, 9.17) is 15.6 Å². The van der Waals surface area contributed by atoms with E-state index < -0.39 is 58.0 Å². The summed E-state index contributed by atoms with van der Waals surface area (Å²) in [5, 5.41) is 20.2. The predicted molar refractivity (Wildman–Crippen MR) is 96.1 cm³/mol. The van der Waals surface area contributed by atoms with E-state index in [0.29, 0.717) is 0 Å². The first-order valence-corrected chi connectivity index (χ1v) is 9.50. The molecule has 0 spiro atoms. The average Bonchev–Trinajstić information content (AvgIpc) is 2.88. The molecule has 2 saturated heterocycles. The largest absolute Gasteiger partial charge is 0.480 e. The summed E-state index contributed by atoms with van der Waals surface area (Å²) in [5.41, 5.74) is 5.37. The molecule has 2 aliphatic rings. The van der Waals surface area contributed by atoms with Crippen molar-refractivity contribution in [2.45, 2.75) is 61.4 Å². The van der Waals surface area contributed by atoms with Crippen molar-refractivity contribution < 1.29 is 38.9 Å². The molecule has 28 heavy (non-hydrogen) atoms. The number of fused-ring (bicyclic) bond motifs is 1. The number of esters is 1. The van der Waals surface area contributed by atoms with E-state index in [1.165, 1.54) is 11.8 Å². The fraction of sp³-hybridized carbons (Fsp3) is 0.688. The SMILES string of the molecule is CC(=O)OC[C@]1(C)S[C@H]2[C@H](NC(=O)CCCC(N)C(=O)O)C(=O)N2C1C(=O)O. The minimum absolute atomic E-state index is 0.00474. The van der Waals surface area contributed by atoms with Crippen molar-refractivity contribution in [2.24, 2.45) is 5.73 Å². The second-order valence-corrected chi connectivity index (χ2v) is 8.62. The average molecular weight is 417 g/mol. The van der Waals surface area contributed by atoms with Crippen LogP contribution in [0.1, 0.15) is 33.1 Å². The van der Waals surface area contributed by atoms with Crippen LogP contribution in [-0.4, -0.2) is 79.7 Å². The predicted octanol–water partition coefficient (Wildman–Crippen LogP) is -1.26. The number of amides is 2. The van der Waals surface area contributed by atoms with Crippen molar-refractivity contribution in [2.75, 3.05) is 6.61 Å². The fourth-order valence-electron chi connectivity index (χ4n) is 3.24. The maximum atomic E-state index is 12.4. The van der Waals surface area contributed by atoms with E-state index >= 15 is 0 Å². The van der Waals surface area contributed by atoms with E-state index in [0.717, 1.165) is 11.8 Å². The Labute approximate surface area is 164 Å². The van der Waals surface area contributed by atoms with Gasteiger partial charge in [-0.2, -0.15) is 0 Å². The molecule has 0 radical (unpaired) electrons. The Morgan fingerprint density at radius 1 is 1.36 bits per heavy atom. The molecule has 2 rings (SSSR count). The summed E-state index contributed by atoms with van der Waals surface area (Å²) in [6.45, 7) is 2.62. The van der Waals surface area contributed by atoms with Gasteiger partial charge in [0.05, 0.1) is 4.75 Å². The zero-order valence-corrected chi connectivity index (χ0v) is 16.2. The number of thioether (sulfide) groups is 1. The molecule has 0 aliphatic carbocycles. The van der Waals surface area contributed by atoms with Gasteiger partial charge in [0, 0.05) is 13.3 Å². The lowest BCUT2D eigenvalue weighted by atomic mass is 9.95. The molecule has 0 aromatic carbocycles. The molecule has 2 heterocycles. The van der Waals surface area contributed by atoms with E-state index in [2.05, 4.69) is 5.32 Å². The molecule has 156 valence electrons. The lowest BCUT2D eigenvalue weighted by Gasteiger charge is -2.43. The quantitative estimate of drug-likeness (QED) is 0.262. The molecule has 0 aromatic heterocycles. The van der Waals surface area contributed by atoms with Crippen LogP contribution in [0.2, 0.25) is 0 Å². The number of nitrogens with zero attached hydrogens (tertiary/aromatic N) is 1. The number of aliphatic carboxylic acids is 2. The first-order valence-electron chi connectivity index (χ1n) is 8.62. The van der Waals surface area contributed by atoms with Crippen molar-refractivity contribution in [1.82, 2.24) is 10.2 Å². The van der Waals surface area contributed by atoms with Gasteiger partial charge in [0.15, 0.2) is 0 Å². The van der Waals surface area contributed by atoms with Gasteiger partial charge in [-0.1, -0.05) is 0 Å². The standard InChI is InChI=1S/C16H23N3O8S/c1-7(20)27-6-16(2)11(15(25)26)19-12(22)10(13(19)28-16)18-9(21)5-3-4-8(17)14(23)24/h8,10-11,13H,3-6,17H2,1-2H3,(H,18,21)(H,23,24)(H,25,26)/t8?,10-,11?,13+,16+/m1/s1. The maximum absolute atomic E-state index is 12.4. The molecule has 12 heteroatoms. The molecule has 2 fully saturated rings. The van der Waals surface area contributed by atoms with Crippen molar-refractivity contribution in [1.29, 1.82) is 0 Å². The smallest absolute Gasteiger partial charge is 0.328 e. The van der Waals surface area contributed by atoms with Gasteiger partial charge in [0.1, 0.15) is 30.1 Å². The van der Waals surface area contributed by atoms with Gasteiger partial charge in [-0.3, -0.25) is 19.2 Å². The van der Waals surface area contributed by atoms with Gasteiger partial charge in [-0.25, -0.2) is 4.79 Å². The molecule has 0 saturated carbocycles. The summed E-state index contributed by atoms with van der Waals surface area (Å²) in [6.07, 6.45) is 0.353. The van der Waals surface area contributed by atoms with Gasteiger partial charge >= 0.3 is 17.9 Å². The normalized spacial score (nSPS) is 29.5. The van der Waals surface area contributed by atoms with Crippen LogP contribution in [-0.2, 0) is 28.7 Å². The highest BCUT2D eigenvalue weighted by molar-refractivity contribution is 8.01. The first kappa shape index (κ1) is 22.0. The Morgan fingerprint density at radius 2 is 2.00 bits per heavy atom. The number of rotatable bonds is 9. The lowest BCUT2D eigenvalue weighted by Crippen LogP contribution is -2.70. The van der Waals surface area contributed by atoms with E-state index in [1.54, 1.807) is 6.92 Å². The summed E-state index contributed by atoms with van der Waals surface area (Å²) in [7, 11) is 0. The summed E-state index contributed by atoms with van der Waals surface area (Å²) in [6, 6.07) is -3.12. The van der Waals surface area contributed by atoms with Crippen LogP contribution in [0.4, 0.5) is 0 Å². The molecule has 5 N–H and O–H groups in total. The Hall–Kier alpha value is -2.34. The third-order valence-electron chi connectivity index (χ3n) is 4.68. The number of β-lactam (4-membered cyclic amide) rings is 1. The Balaban J connectivity index is 1.97. The van der Waals surface area contributed by atoms with Gasteiger partial charge in [0.25, 0.3) is 0 Å². The summed E-state index contributed by atoms with van der Waals surface area (Å²) < 4.78 is 3.92. The van der Waals surface area contributed by atoms with Gasteiger partial charge < -0.3 is 30.9 Å². The summed E-state index contributed by atoms with van der Waals surface area (Å²) in [4.78, 5) is 59.1. The Bertz CT molecular complexity index is 701. The van der Waals surface area contributed by atoms with Crippen LogP contribution in [0, 0.1) is 0 Å². The number of hydrogen-bond acceptors (Lipinski definition) is 8. The highest BCUT2D eigenvalue weighted by Crippen LogP contribution is 2.51. The van der Waals surface area contributed by atoms with Crippen molar-refractivity contribution in [3.8, 4) is 0 Å². The second-order valence-electron chi connectivity index (χ2n) is 6.97. The maximum Gasteiger partial charge on any atom is 0.328 e. The number of carbonyl (C=O) groups excluding carboxylic acids is 3. The fourth-order valence-corrected chi connectivity index (χ4v) is 4.92. The number of nitrogens with one attached hydrogen (secondary N) is 1. The Kier molecular flexibility index (Phi) is 6.55. The molecular weight excluding hydrogens is 394 g/mol. The highest BCUT2D eigenvalue weighted by Gasteiger charge is 2.66. The molecule has 11 nitrogen and oxygen atoms in total. The van der Waals surface area contributed by atoms with Gasteiger partial charge in [-0.05, 0) is 19.8 Å². The van der Waals surface area contributed by atoms with E-state index in [1.807, 2.05) is 0 Å². The topological polar surface area (TPSA) is 176 Å². The third kappa shape index (κ3) is 4.38. The van der Waals surface area contributed by atoms with Crippen LogP contribution in [0.5, 0.6) is 0 Å². The lowest BCUT2D eigenvalue weighted by molar-refractivity contribution is -0.162. The van der Waals surface area contributed by atoms with Crippen LogP contribution >= 0.6 is 11.8 Å². The van der Waals surface area contributed by atoms with Crippen molar-refractivity contribution in [3.63, 3.8) is 0 Å². The van der Waals surface area contributed by atoms with Crippen molar-refractivity contribution in [3.05, 3.63) is 0 Å². The van der Waals surface area contributed by atoms with Gasteiger partial charge in [0.2, 0.25) is 11.8 Å². The van der Waals surface area contributed by atoms with Gasteiger partial charge in [-0.15, -0.1) is 11.8 Å². The number of carboxylic acid groups (broad SMARTS) is 2. The second kappa shape index (κ2) is 8.35. The molecule has 0 aromatic rings. The monoisotopic (exact) mass is 417 g/mol. The number of hydrogen-bond donors (Lipinski definition) is 4. The zero-order chi connectivity index (χ0) is 21.2. The van der Waals surface area contributed by atoms with Crippen LogP contribution < -0.4 is 11.1 Å². The number of carbonyl (C=O) groups is 5. The summed E-state index contributed by atoms with van der Waals surface area (Å²) >= 11 is 1.16. The van der Waals surface area contributed by atoms with E-state index in [9.17, 15) is 29.1 Å². The first-order chi connectivity index (χ1) is 13.0. The molecular formula is C16H23N3O8S. The minimum Gasteiger partial charge on any atom is -0.480 e. The minimum atomic E-state index is -1.22. The molecule has 2 unspecified atom stereocenters. The number of nitrogens with two attached hydrogens (primary N) is 1. The molecule has 2 amide bonds. The van der Waals surface area contributed by atoms with Crippen LogP contribution in [0.15, 0.2) is 0 Å². The Morgan fingerprint density at radius 3 is 2.54 bits per heavy atom. The van der Waals surface area contributed by atoms with E-state index in [-0.39, 0.29) is 25.9 Å². The zero-order valence-electron chi connectivity index (χ0n) is 15.4. The van der Waals surface area contributed by atoms with Crippen LogP contribution in [0.3, 0.4) is 0 Å². The molecule has 5 atom stereocenters. The van der Waals surface area contributed by atoms with Crippen molar-refractivity contribution >= 4 is 41.5 Å². The van der Waals surface area contributed by atoms with Crippen LogP contribution in [0.25, 0.3) is 0 Å². The highest BCUT2D eigenvalue weighted by atomic mass is 32.2. The number of ether oxygens (including phenoxy) is 1. The third-order valence-corrected chi connectivity index (χ3v) is 6.30. The number of carboxylic acids is 2. The molecule has 2 aliphatic heterocycles. The summed E-state index contributed by atoms with van der Waals surface area (Å²) in [5.74, 6) is -3.90.